The van der Waals surface area contributed by atoms with Crippen LogP contribution in [0.5, 0.6) is 5.75 Å². The molecule has 0 heterocycles. The molecule has 0 fully saturated rings. The first-order valence-electron chi connectivity index (χ1n) is 5.50. The van der Waals surface area contributed by atoms with Crippen molar-refractivity contribution in [2.45, 2.75) is 19.1 Å². The number of rotatable bonds is 7. The van der Waals surface area contributed by atoms with Crippen LogP contribution in [0, 0.1) is 10.1 Å². The molecule has 1 rings (SSSR count). The number of non-ortho nitro benzene ring substituents is 1. The molecule has 0 aromatic heterocycles. The molecule has 1 aromatic rings. The lowest BCUT2D eigenvalue weighted by atomic mass is 10.2. The summed E-state index contributed by atoms with van der Waals surface area (Å²) in [5.74, 6) is 0.278. The van der Waals surface area contributed by atoms with E-state index in [1.165, 1.54) is 31.2 Å². The molecule has 0 amide bonds. The summed E-state index contributed by atoms with van der Waals surface area (Å²) in [6.45, 7) is 1.29. The van der Waals surface area contributed by atoms with Gasteiger partial charge in [-0.15, -0.1) is 0 Å². The fraction of sp³-hybridized carbons (Fsp3) is 0.400. The van der Waals surface area contributed by atoms with Gasteiger partial charge in [-0.25, -0.2) is 4.18 Å². The van der Waals surface area contributed by atoms with E-state index in [1.54, 1.807) is 0 Å². The Morgan fingerprint density at radius 3 is 2.35 bits per heavy atom. The number of hydrogen-bond acceptors (Lipinski definition) is 7. The topological polar surface area (TPSA) is 142 Å². The molecule has 2 unspecified atom stereocenters. The number of nitro groups is 1. The molecule has 112 valence electrons. The molecule has 0 saturated heterocycles. The second-order valence-corrected chi connectivity index (χ2v) is 4.92. The van der Waals surface area contributed by atoms with Crippen molar-refractivity contribution in [2.75, 3.05) is 6.54 Å². The molecular formula is C10H14N2O7S. The summed E-state index contributed by atoms with van der Waals surface area (Å²) in [5.41, 5.74) is 5.23. The minimum atomic E-state index is -4.64. The van der Waals surface area contributed by atoms with Crippen molar-refractivity contribution in [3.63, 3.8) is 0 Å². The van der Waals surface area contributed by atoms with Gasteiger partial charge in [0.2, 0.25) is 0 Å². The highest BCUT2D eigenvalue weighted by Crippen LogP contribution is 2.19. The van der Waals surface area contributed by atoms with Gasteiger partial charge in [0.05, 0.1) is 4.92 Å². The molecule has 0 aliphatic carbocycles. The Morgan fingerprint density at radius 1 is 1.40 bits per heavy atom. The summed E-state index contributed by atoms with van der Waals surface area (Å²) in [5, 5.41) is 10.5. The highest BCUT2D eigenvalue weighted by Gasteiger charge is 2.24. The molecule has 10 heteroatoms. The largest absolute Gasteiger partial charge is 0.488 e. The Bertz CT molecular complexity index is 557. The third-order valence-corrected chi connectivity index (χ3v) is 2.86. The first-order chi connectivity index (χ1) is 9.23. The molecule has 1 aromatic carbocycles. The maximum Gasteiger partial charge on any atom is 0.397 e. The Kier molecular flexibility index (Phi) is 5.39. The van der Waals surface area contributed by atoms with E-state index in [-0.39, 0.29) is 18.0 Å². The maximum atomic E-state index is 10.6. The molecule has 20 heavy (non-hydrogen) atoms. The van der Waals surface area contributed by atoms with E-state index >= 15 is 0 Å². The van der Waals surface area contributed by atoms with Crippen LogP contribution in [0.3, 0.4) is 0 Å². The molecule has 0 saturated carbocycles. The van der Waals surface area contributed by atoms with E-state index in [9.17, 15) is 18.5 Å². The molecule has 9 nitrogen and oxygen atoms in total. The van der Waals surface area contributed by atoms with Gasteiger partial charge >= 0.3 is 10.4 Å². The zero-order valence-corrected chi connectivity index (χ0v) is 11.3. The number of hydrogen-bond donors (Lipinski definition) is 2. The van der Waals surface area contributed by atoms with Crippen molar-refractivity contribution < 1.29 is 26.8 Å². The molecule has 0 aliphatic rings. The Hall–Kier alpha value is -1.75. The monoisotopic (exact) mass is 306 g/mol. The number of nitrogens with zero attached hydrogens (tertiary/aromatic N) is 1. The van der Waals surface area contributed by atoms with E-state index in [4.69, 9.17) is 15.0 Å². The summed E-state index contributed by atoms with van der Waals surface area (Å²) in [4.78, 5) is 9.92. The van der Waals surface area contributed by atoms with Crippen LogP contribution >= 0.6 is 0 Å². The zero-order chi connectivity index (χ0) is 15.3. The molecule has 0 aliphatic heterocycles. The standard InChI is InChI=1S/C10H14N2O7S/c1-7(10(6-11)19-20(15,16)17)18-9-4-2-8(3-5-9)12(13)14/h2-5,7,10H,6,11H2,1H3,(H,15,16,17). The maximum absolute atomic E-state index is 10.6. The molecule has 0 spiro atoms. The van der Waals surface area contributed by atoms with Crippen LogP contribution in [-0.2, 0) is 14.6 Å². The smallest absolute Gasteiger partial charge is 0.397 e. The summed E-state index contributed by atoms with van der Waals surface area (Å²) < 4.78 is 39.5. The molecule has 0 radical (unpaired) electrons. The second-order valence-electron chi connectivity index (χ2n) is 3.87. The summed E-state index contributed by atoms with van der Waals surface area (Å²) in [7, 11) is -4.64. The van der Waals surface area contributed by atoms with Gasteiger partial charge in [0.25, 0.3) is 5.69 Å². The number of benzene rings is 1. The number of ether oxygens (including phenoxy) is 1. The van der Waals surface area contributed by atoms with Crippen LogP contribution in [0.4, 0.5) is 5.69 Å². The minimum Gasteiger partial charge on any atom is -0.488 e. The van der Waals surface area contributed by atoms with Crippen molar-refractivity contribution in [3.05, 3.63) is 34.4 Å². The predicted octanol–water partition coefficient (Wildman–Crippen LogP) is 0.509. The lowest BCUT2D eigenvalue weighted by Gasteiger charge is -2.22. The predicted molar refractivity (Wildman–Crippen MR) is 68.7 cm³/mol. The first-order valence-corrected chi connectivity index (χ1v) is 6.86. The van der Waals surface area contributed by atoms with Crippen LogP contribution < -0.4 is 10.5 Å². The van der Waals surface area contributed by atoms with Gasteiger partial charge in [-0.3, -0.25) is 14.7 Å². The normalized spacial score (nSPS) is 14.6. The summed E-state index contributed by atoms with van der Waals surface area (Å²) in [6.07, 6.45) is -1.87. The Balaban J connectivity index is 2.73. The lowest BCUT2D eigenvalue weighted by Crippen LogP contribution is -2.39. The highest BCUT2D eigenvalue weighted by molar-refractivity contribution is 7.80. The quantitative estimate of drug-likeness (QED) is 0.421. The van der Waals surface area contributed by atoms with Gasteiger partial charge in [-0.05, 0) is 19.1 Å². The van der Waals surface area contributed by atoms with Crippen LogP contribution in [0.1, 0.15) is 6.92 Å². The van der Waals surface area contributed by atoms with Crippen molar-refractivity contribution in [1.29, 1.82) is 0 Å². The average Bonchev–Trinajstić information content (AvgIpc) is 2.35. The van der Waals surface area contributed by atoms with E-state index in [0.29, 0.717) is 0 Å². The third kappa shape index (κ3) is 5.09. The van der Waals surface area contributed by atoms with Crippen LogP contribution in [0.25, 0.3) is 0 Å². The molecule has 0 bridgehead atoms. The Labute approximate surface area is 115 Å². The SMILES string of the molecule is CC(Oc1ccc([N+](=O)[O-])cc1)C(CN)OS(=O)(=O)O. The molecular weight excluding hydrogens is 292 g/mol. The van der Waals surface area contributed by atoms with Gasteiger partial charge in [-0.2, -0.15) is 8.42 Å². The Morgan fingerprint density at radius 2 is 1.95 bits per heavy atom. The fourth-order valence-corrected chi connectivity index (χ4v) is 1.95. The van der Waals surface area contributed by atoms with Gasteiger partial charge in [0.1, 0.15) is 18.0 Å². The van der Waals surface area contributed by atoms with Crippen LogP contribution in [-0.4, -0.2) is 36.6 Å². The zero-order valence-electron chi connectivity index (χ0n) is 10.5. The molecule has 3 N–H and O–H groups in total. The first kappa shape index (κ1) is 16.3. The van der Waals surface area contributed by atoms with Gasteiger partial charge < -0.3 is 10.5 Å². The number of nitro benzene ring substituents is 1. The van der Waals surface area contributed by atoms with Crippen molar-refractivity contribution >= 4 is 16.1 Å². The summed E-state index contributed by atoms with van der Waals surface area (Å²) >= 11 is 0. The van der Waals surface area contributed by atoms with Crippen LogP contribution in [0.15, 0.2) is 24.3 Å². The van der Waals surface area contributed by atoms with Gasteiger partial charge in [0, 0.05) is 18.7 Å². The van der Waals surface area contributed by atoms with Gasteiger partial charge in [-0.1, -0.05) is 0 Å². The van der Waals surface area contributed by atoms with Gasteiger partial charge in [0.15, 0.2) is 0 Å². The van der Waals surface area contributed by atoms with Crippen molar-refractivity contribution in [3.8, 4) is 5.75 Å². The third-order valence-electron chi connectivity index (χ3n) is 2.37. The number of nitrogens with two attached hydrogens (primary N) is 1. The summed E-state index contributed by atoms with van der Waals surface area (Å²) in [6, 6.07) is 5.19. The second kappa shape index (κ2) is 6.61. The van der Waals surface area contributed by atoms with E-state index < -0.39 is 27.5 Å². The van der Waals surface area contributed by atoms with Crippen molar-refractivity contribution in [2.24, 2.45) is 5.73 Å². The van der Waals surface area contributed by atoms with E-state index in [0.717, 1.165) is 0 Å². The fourth-order valence-electron chi connectivity index (χ4n) is 1.40. The van der Waals surface area contributed by atoms with Crippen molar-refractivity contribution in [1.82, 2.24) is 0 Å². The van der Waals surface area contributed by atoms with E-state index in [1.807, 2.05) is 0 Å². The van der Waals surface area contributed by atoms with Crippen LogP contribution in [0.2, 0.25) is 0 Å². The molecule has 2 atom stereocenters. The van der Waals surface area contributed by atoms with E-state index in [2.05, 4.69) is 4.18 Å². The lowest BCUT2D eigenvalue weighted by molar-refractivity contribution is -0.384. The average molecular weight is 306 g/mol. The minimum absolute atomic E-state index is 0.102. The highest BCUT2D eigenvalue weighted by atomic mass is 32.3.